The van der Waals surface area contributed by atoms with Gasteiger partial charge in [0.2, 0.25) is 0 Å². The van der Waals surface area contributed by atoms with Crippen molar-refractivity contribution in [3.63, 3.8) is 0 Å². The van der Waals surface area contributed by atoms with E-state index in [1.54, 1.807) is 43.3 Å². The first-order valence-corrected chi connectivity index (χ1v) is 8.10. The highest BCUT2D eigenvalue weighted by atomic mass is 16.5. The Labute approximate surface area is 147 Å². The summed E-state index contributed by atoms with van der Waals surface area (Å²) in [5.74, 6) is 0.212. The van der Waals surface area contributed by atoms with Crippen molar-refractivity contribution in [3.8, 4) is 5.75 Å². The summed E-state index contributed by atoms with van der Waals surface area (Å²) in [6, 6.07) is 13.3. The highest BCUT2D eigenvalue weighted by Gasteiger charge is 2.10. The molecule has 0 aliphatic carbocycles. The van der Waals surface area contributed by atoms with Gasteiger partial charge in [-0.25, -0.2) is 9.59 Å². The predicted octanol–water partition coefficient (Wildman–Crippen LogP) is 4.29. The minimum atomic E-state index is -0.399. The van der Waals surface area contributed by atoms with Crippen molar-refractivity contribution in [2.24, 2.45) is 0 Å². The zero-order valence-corrected chi connectivity index (χ0v) is 14.5. The molecule has 0 saturated heterocycles. The Morgan fingerprint density at radius 1 is 1.00 bits per heavy atom. The number of esters is 1. The second kappa shape index (κ2) is 8.73. The van der Waals surface area contributed by atoms with E-state index in [2.05, 4.69) is 10.6 Å². The van der Waals surface area contributed by atoms with E-state index in [1.165, 1.54) is 0 Å². The number of carbonyl (C=O) groups is 2. The van der Waals surface area contributed by atoms with Crippen LogP contribution < -0.4 is 15.4 Å². The molecule has 0 bridgehead atoms. The van der Waals surface area contributed by atoms with Crippen LogP contribution in [0.4, 0.5) is 16.2 Å². The number of benzene rings is 2. The van der Waals surface area contributed by atoms with Crippen LogP contribution in [0.3, 0.4) is 0 Å². The third kappa shape index (κ3) is 5.53. The molecule has 6 nitrogen and oxygen atoms in total. The molecule has 2 N–H and O–H groups in total. The van der Waals surface area contributed by atoms with Gasteiger partial charge in [0.05, 0.1) is 24.0 Å². The lowest BCUT2D eigenvalue weighted by Gasteiger charge is -2.15. The average molecular weight is 342 g/mol. The number of urea groups is 1. The summed E-state index contributed by atoms with van der Waals surface area (Å²) in [6.45, 7) is 5.90. The van der Waals surface area contributed by atoms with Gasteiger partial charge in [0.25, 0.3) is 0 Å². The number of para-hydroxylation sites is 2. The Hall–Kier alpha value is -3.02. The number of nitrogens with one attached hydrogen (secondary N) is 2. The van der Waals surface area contributed by atoms with Crippen molar-refractivity contribution in [1.29, 1.82) is 0 Å². The quantitative estimate of drug-likeness (QED) is 0.768. The molecule has 132 valence electrons. The van der Waals surface area contributed by atoms with Crippen LogP contribution in [0.1, 0.15) is 31.1 Å². The summed E-state index contributed by atoms with van der Waals surface area (Å²) in [5.41, 5.74) is 1.58. The molecule has 0 aliphatic heterocycles. The van der Waals surface area contributed by atoms with Gasteiger partial charge in [0.15, 0.2) is 0 Å². The second-order valence-electron chi connectivity index (χ2n) is 5.54. The number of anilines is 2. The summed E-state index contributed by atoms with van der Waals surface area (Å²) in [4.78, 5) is 23.8. The Balaban J connectivity index is 2.00. The summed E-state index contributed by atoms with van der Waals surface area (Å²) in [7, 11) is 0. The van der Waals surface area contributed by atoms with Crippen LogP contribution in [-0.2, 0) is 4.74 Å². The van der Waals surface area contributed by atoms with E-state index >= 15 is 0 Å². The van der Waals surface area contributed by atoms with Gasteiger partial charge in [-0.05, 0) is 57.2 Å². The number of hydrogen-bond donors (Lipinski definition) is 2. The molecule has 0 fully saturated rings. The van der Waals surface area contributed by atoms with E-state index in [0.717, 1.165) is 0 Å². The monoisotopic (exact) mass is 342 g/mol. The van der Waals surface area contributed by atoms with Crippen molar-refractivity contribution in [1.82, 2.24) is 0 Å². The molecule has 0 aliphatic rings. The van der Waals surface area contributed by atoms with Gasteiger partial charge in [0, 0.05) is 5.69 Å². The van der Waals surface area contributed by atoms with Gasteiger partial charge >= 0.3 is 12.0 Å². The number of rotatable bonds is 6. The number of ether oxygens (including phenoxy) is 2. The predicted molar refractivity (Wildman–Crippen MR) is 97.2 cm³/mol. The fraction of sp³-hybridized carbons (Fsp3) is 0.263. The van der Waals surface area contributed by atoms with Crippen LogP contribution in [0.15, 0.2) is 48.5 Å². The number of hydrogen-bond acceptors (Lipinski definition) is 4. The molecule has 2 aromatic carbocycles. The minimum Gasteiger partial charge on any atom is -0.489 e. The highest BCUT2D eigenvalue weighted by Crippen LogP contribution is 2.25. The SMILES string of the molecule is CCOC(=O)c1ccc(NC(=O)Nc2ccccc2OC(C)C)cc1. The molecule has 0 radical (unpaired) electrons. The van der Waals surface area contributed by atoms with Crippen LogP contribution in [-0.4, -0.2) is 24.7 Å². The lowest BCUT2D eigenvalue weighted by atomic mass is 10.2. The van der Waals surface area contributed by atoms with Crippen molar-refractivity contribution in [2.75, 3.05) is 17.2 Å². The molecule has 6 heteroatoms. The fourth-order valence-electron chi connectivity index (χ4n) is 2.12. The molecule has 25 heavy (non-hydrogen) atoms. The smallest absolute Gasteiger partial charge is 0.338 e. The first kappa shape index (κ1) is 18.3. The molecule has 0 atom stereocenters. The van der Waals surface area contributed by atoms with E-state index < -0.39 is 12.0 Å². The highest BCUT2D eigenvalue weighted by molar-refractivity contribution is 6.01. The molecule has 0 spiro atoms. The van der Waals surface area contributed by atoms with Crippen LogP contribution >= 0.6 is 0 Å². The van der Waals surface area contributed by atoms with Crippen molar-refractivity contribution < 1.29 is 19.1 Å². The van der Waals surface area contributed by atoms with Crippen molar-refractivity contribution >= 4 is 23.4 Å². The lowest BCUT2D eigenvalue weighted by Crippen LogP contribution is -2.20. The normalized spacial score (nSPS) is 10.2. The maximum Gasteiger partial charge on any atom is 0.338 e. The van der Waals surface area contributed by atoms with Crippen LogP contribution in [0.2, 0.25) is 0 Å². The third-order valence-corrected chi connectivity index (χ3v) is 3.15. The van der Waals surface area contributed by atoms with Gasteiger partial charge in [0.1, 0.15) is 5.75 Å². The first-order chi connectivity index (χ1) is 12.0. The molecule has 2 aromatic rings. The maximum absolute atomic E-state index is 12.2. The molecular weight excluding hydrogens is 320 g/mol. The largest absolute Gasteiger partial charge is 0.489 e. The Morgan fingerprint density at radius 3 is 2.32 bits per heavy atom. The lowest BCUT2D eigenvalue weighted by molar-refractivity contribution is 0.0526. The van der Waals surface area contributed by atoms with E-state index in [0.29, 0.717) is 29.3 Å². The molecule has 2 amide bonds. The summed E-state index contributed by atoms with van der Waals surface area (Å²) in [6.07, 6.45) is 0.00133. The van der Waals surface area contributed by atoms with Crippen LogP contribution in [0.25, 0.3) is 0 Å². The van der Waals surface area contributed by atoms with Crippen molar-refractivity contribution in [3.05, 3.63) is 54.1 Å². The standard InChI is InChI=1S/C19H22N2O4/c1-4-24-18(22)14-9-11-15(12-10-14)20-19(23)21-16-7-5-6-8-17(16)25-13(2)3/h5-13H,4H2,1-3H3,(H2,20,21,23). The molecule has 0 heterocycles. The molecular formula is C19H22N2O4. The first-order valence-electron chi connectivity index (χ1n) is 8.10. The minimum absolute atomic E-state index is 0.00133. The van der Waals surface area contributed by atoms with Gasteiger partial charge in [-0.2, -0.15) is 0 Å². The second-order valence-corrected chi connectivity index (χ2v) is 5.54. The zero-order chi connectivity index (χ0) is 18.2. The van der Waals surface area contributed by atoms with E-state index in [-0.39, 0.29) is 6.10 Å². The van der Waals surface area contributed by atoms with E-state index in [1.807, 2.05) is 26.0 Å². The molecule has 2 rings (SSSR count). The summed E-state index contributed by atoms with van der Waals surface area (Å²) < 4.78 is 10.6. The fourth-order valence-corrected chi connectivity index (χ4v) is 2.12. The third-order valence-electron chi connectivity index (χ3n) is 3.15. The van der Waals surface area contributed by atoms with Gasteiger partial charge in [-0.15, -0.1) is 0 Å². The van der Waals surface area contributed by atoms with Gasteiger partial charge < -0.3 is 20.1 Å². The summed E-state index contributed by atoms with van der Waals surface area (Å²) in [5, 5.41) is 5.47. The number of carbonyl (C=O) groups excluding carboxylic acids is 2. The van der Waals surface area contributed by atoms with Crippen LogP contribution in [0, 0.1) is 0 Å². The summed E-state index contributed by atoms with van der Waals surface area (Å²) >= 11 is 0. The Kier molecular flexibility index (Phi) is 6.39. The topological polar surface area (TPSA) is 76.7 Å². The van der Waals surface area contributed by atoms with Crippen molar-refractivity contribution in [2.45, 2.75) is 26.9 Å². The zero-order valence-electron chi connectivity index (χ0n) is 14.5. The van der Waals surface area contributed by atoms with Crippen LogP contribution in [0.5, 0.6) is 5.75 Å². The number of amides is 2. The van der Waals surface area contributed by atoms with E-state index in [9.17, 15) is 9.59 Å². The molecule has 0 unspecified atom stereocenters. The molecule has 0 aromatic heterocycles. The maximum atomic E-state index is 12.2. The Morgan fingerprint density at radius 2 is 1.68 bits per heavy atom. The average Bonchev–Trinajstić information content (AvgIpc) is 2.57. The van der Waals surface area contributed by atoms with Gasteiger partial charge in [-0.1, -0.05) is 12.1 Å². The molecule has 0 saturated carbocycles. The Bertz CT molecular complexity index is 726. The van der Waals surface area contributed by atoms with Gasteiger partial charge in [-0.3, -0.25) is 0 Å². The van der Waals surface area contributed by atoms with E-state index in [4.69, 9.17) is 9.47 Å².